The van der Waals surface area contributed by atoms with Crippen LogP contribution in [-0.4, -0.2) is 84.7 Å². The van der Waals surface area contributed by atoms with Gasteiger partial charge in [-0.3, -0.25) is 17.6 Å². The summed E-state index contributed by atoms with van der Waals surface area (Å²) in [5.74, 6) is -0.881. The lowest BCUT2D eigenvalue weighted by atomic mass is 9.63. The van der Waals surface area contributed by atoms with E-state index in [9.17, 15) is 14.4 Å². The number of nitrogens with two attached hydrogens (primary N) is 1. The number of hydrogen-bond donors (Lipinski definition) is 2. The molecule has 1 aliphatic carbocycles. The molecule has 9 nitrogen and oxygen atoms in total. The predicted octanol–water partition coefficient (Wildman–Crippen LogP) is 3.52. The van der Waals surface area contributed by atoms with E-state index in [1.165, 1.54) is 5.56 Å². The molecule has 1 aromatic rings. The second-order valence-electron chi connectivity index (χ2n) is 10.3. The van der Waals surface area contributed by atoms with E-state index in [1.54, 1.807) is 10.2 Å². The Hall–Kier alpha value is -1.92. The molecule has 0 radical (unpaired) electrons. The van der Waals surface area contributed by atoms with Gasteiger partial charge in [-0.05, 0) is 63.6 Å². The summed E-state index contributed by atoms with van der Waals surface area (Å²) >= 11 is 2.06. The van der Waals surface area contributed by atoms with Gasteiger partial charge in [-0.2, -0.15) is 0 Å². The lowest BCUT2D eigenvalue weighted by Gasteiger charge is -2.51. The maximum absolute atomic E-state index is 13.5. The predicted molar refractivity (Wildman–Crippen MR) is 154 cm³/mol. The monoisotopic (exact) mass is 629 g/mol. The van der Waals surface area contributed by atoms with Crippen molar-refractivity contribution in [3.8, 4) is 0 Å². The molecule has 0 heterocycles. The van der Waals surface area contributed by atoms with Crippen molar-refractivity contribution >= 4 is 40.7 Å². The van der Waals surface area contributed by atoms with Crippen LogP contribution >= 0.6 is 22.9 Å². The van der Waals surface area contributed by atoms with Crippen molar-refractivity contribution in [1.82, 2.24) is 18.2 Å². The Bertz CT molecular complexity index is 875. The quantitative estimate of drug-likeness (QED) is 0.186. The number of methoxy groups -OCH3 is 1. The Kier molecular flexibility index (Phi) is 12.6. The van der Waals surface area contributed by atoms with E-state index in [4.69, 9.17) is 10.5 Å². The largest absolute Gasteiger partial charge is 0.385 e. The number of nitrogens with one attached hydrogen (secondary N) is 1. The summed E-state index contributed by atoms with van der Waals surface area (Å²) in [6, 6.07) is 10.6. The van der Waals surface area contributed by atoms with Crippen LogP contribution < -0.4 is 11.1 Å². The molecule has 0 unspecified atom stereocenters. The first-order valence-electron chi connectivity index (χ1n) is 13.1. The number of rotatable bonds is 14. The van der Waals surface area contributed by atoms with E-state index in [0.717, 1.165) is 38.5 Å². The van der Waals surface area contributed by atoms with Crippen LogP contribution in [0.3, 0.4) is 0 Å². The van der Waals surface area contributed by atoms with Crippen LogP contribution in [0.15, 0.2) is 30.3 Å². The van der Waals surface area contributed by atoms with Crippen LogP contribution in [0.4, 0.5) is 4.79 Å². The number of urea groups is 1. The van der Waals surface area contributed by atoms with E-state index >= 15 is 0 Å². The molecule has 0 atom stereocenters. The van der Waals surface area contributed by atoms with Gasteiger partial charge in [0, 0.05) is 45.3 Å². The zero-order chi connectivity index (χ0) is 27.5. The summed E-state index contributed by atoms with van der Waals surface area (Å²) in [6.07, 6.45) is 5.78. The van der Waals surface area contributed by atoms with Crippen LogP contribution in [0.25, 0.3) is 0 Å². The highest BCUT2D eigenvalue weighted by molar-refractivity contribution is 14.1. The standard InChI is InChI=1S/C27H44IN5O4/c1-5-26(13-15-27(16-14-26,31(2)3)22-10-7-6-8-11-22)21-32(18-12-24(35)30-20-23(29)34)25(36)33(28)17-9-19-37-4/h6-8,10-11H,5,9,12-21H2,1-4H3,(H2,29,34)(H,30,35)/t26-,27-. The molecule has 3 N–H and O–H groups in total. The molecular weight excluding hydrogens is 585 g/mol. The number of carbonyl (C=O) groups is 3. The number of ether oxygens (including phenoxy) is 1. The molecular formula is C27H44IN5O4. The van der Waals surface area contributed by atoms with Gasteiger partial charge in [-0.1, -0.05) is 37.3 Å². The fourth-order valence-corrected chi connectivity index (χ4v) is 5.96. The van der Waals surface area contributed by atoms with Crippen LogP contribution in [0, 0.1) is 5.41 Å². The average molecular weight is 630 g/mol. The average Bonchev–Trinajstić information content (AvgIpc) is 2.90. The highest BCUT2D eigenvalue weighted by Gasteiger charge is 2.45. The second kappa shape index (κ2) is 14.9. The van der Waals surface area contributed by atoms with Gasteiger partial charge < -0.3 is 20.7 Å². The van der Waals surface area contributed by atoms with Gasteiger partial charge >= 0.3 is 6.03 Å². The van der Waals surface area contributed by atoms with Gasteiger partial charge in [0.25, 0.3) is 0 Å². The van der Waals surface area contributed by atoms with Crippen molar-refractivity contribution < 1.29 is 19.1 Å². The van der Waals surface area contributed by atoms with Crippen molar-refractivity contribution in [3.63, 3.8) is 0 Å². The van der Waals surface area contributed by atoms with Gasteiger partial charge in [-0.25, -0.2) is 4.79 Å². The fourth-order valence-electron chi connectivity index (χ4n) is 5.31. The van der Waals surface area contributed by atoms with Crippen molar-refractivity contribution in [2.75, 3.05) is 54.0 Å². The third kappa shape index (κ3) is 8.81. The van der Waals surface area contributed by atoms with Crippen LogP contribution in [-0.2, 0) is 19.9 Å². The Morgan fingerprint density at radius 1 is 1.08 bits per heavy atom. The third-order valence-corrected chi connectivity index (χ3v) is 8.73. The zero-order valence-electron chi connectivity index (χ0n) is 22.8. The lowest BCUT2D eigenvalue weighted by molar-refractivity contribution is -0.125. The van der Waals surface area contributed by atoms with Crippen molar-refractivity contribution in [2.24, 2.45) is 11.1 Å². The summed E-state index contributed by atoms with van der Waals surface area (Å²) in [4.78, 5) is 41.0. The molecule has 2 rings (SSSR count). The number of amides is 4. The minimum atomic E-state index is -0.590. The van der Waals surface area contributed by atoms with Gasteiger partial charge in [0.15, 0.2) is 0 Å². The van der Waals surface area contributed by atoms with E-state index < -0.39 is 5.91 Å². The minimum Gasteiger partial charge on any atom is -0.385 e. The molecule has 1 aliphatic rings. The number of primary amides is 1. The van der Waals surface area contributed by atoms with Crippen LogP contribution in [0.1, 0.15) is 57.4 Å². The molecule has 0 bridgehead atoms. The first kappa shape index (κ1) is 31.3. The van der Waals surface area contributed by atoms with E-state index in [0.29, 0.717) is 19.7 Å². The number of nitrogens with zero attached hydrogens (tertiary/aromatic N) is 3. The van der Waals surface area contributed by atoms with Gasteiger partial charge in [0.2, 0.25) is 11.8 Å². The second-order valence-corrected chi connectivity index (χ2v) is 11.4. The summed E-state index contributed by atoms with van der Waals surface area (Å²) in [6.45, 7) is 4.02. The molecule has 0 aliphatic heterocycles. The number of halogens is 1. The van der Waals surface area contributed by atoms with E-state index in [2.05, 4.69) is 84.4 Å². The normalized spacial score (nSPS) is 21.5. The van der Waals surface area contributed by atoms with Crippen molar-refractivity contribution in [2.45, 2.75) is 57.4 Å². The Morgan fingerprint density at radius 2 is 1.73 bits per heavy atom. The molecule has 37 heavy (non-hydrogen) atoms. The lowest BCUT2D eigenvalue weighted by Crippen LogP contribution is -2.51. The minimum absolute atomic E-state index is 0.0289. The molecule has 1 aromatic carbocycles. The number of carbonyl (C=O) groups excluding carboxylic acids is 3. The zero-order valence-corrected chi connectivity index (χ0v) is 25.0. The van der Waals surface area contributed by atoms with Gasteiger partial charge in [-0.15, -0.1) is 0 Å². The Morgan fingerprint density at radius 3 is 2.27 bits per heavy atom. The van der Waals surface area contributed by atoms with Crippen LogP contribution in [0.5, 0.6) is 0 Å². The molecule has 1 saturated carbocycles. The highest BCUT2D eigenvalue weighted by atomic mass is 127. The Labute approximate surface area is 235 Å². The smallest absolute Gasteiger partial charge is 0.328 e. The molecule has 0 aromatic heterocycles. The van der Waals surface area contributed by atoms with E-state index in [1.807, 2.05) is 4.90 Å². The molecule has 0 spiro atoms. The summed E-state index contributed by atoms with van der Waals surface area (Å²) in [5.41, 5.74) is 6.42. The third-order valence-electron chi connectivity index (χ3n) is 7.83. The fraction of sp³-hybridized carbons (Fsp3) is 0.667. The number of hydrogen-bond acceptors (Lipinski definition) is 5. The van der Waals surface area contributed by atoms with Crippen molar-refractivity contribution in [3.05, 3.63) is 35.9 Å². The van der Waals surface area contributed by atoms with Crippen LogP contribution in [0.2, 0.25) is 0 Å². The molecule has 0 saturated heterocycles. The maximum atomic E-state index is 13.5. The molecule has 208 valence electrons. The van der Waals surface area contributed by atoms with Gasteiger partial charge in [0.05, 0.1) is 29.4 Å². The summed E-state index contributed by atoms with van der Waals surface area (Å²) in [5, 5.41) is 2.53. The first-order chi connectivity index (χ1) is 17.6. The molecule has 1 fully saturated rings. The first-order valence-corrected chi connectivity index (χ1v) is 14.0. The molecule has 4 amide bonds. The highest BCUT2D eigenvalue weighted by Crippen LogP contribution is 2.50. The van der Waals surface area contributed by atoms with Crippen molar-refractivity contribution in [1.29, 1.82) is 0 Å². The molecule has 10 heteroatoms. The van der Waals surface area contributed by atoms with Gasteiger partial charge in [0.1, 0.15) is 0 Å². The summed E-state index contributed by atoms with van der Waals surface area (Å²) < 4.78 is 6.82. The SMILES string of the molecule is CC[C@]1(CN(CCC(=O)NCC(N)=O)C(=O)N(I)CCCOC)CC[C@](c2ccccc2)(N(C)C)CC1. The maximum Gasteiger partial charge on any atom is 0.328 e. The summed E-state index contributed by atoms with van der Waals surface area (Å²) in [7, 11) is 5.95. The Balaban J connectivity index is 2.18. The van der Waals surface area contributed by atoms with E-state index in [-0.39, 0.29) is 42.4 Å². The number of benzene rings is 1. The topological polar surface area (TPSA) is 108 Å².